The lowest BCUT2D eigenvalue weighted by Crippen LogP contribution is -2.33. The summed E-state index contributed by atoms with van der Waals surface area (Å²) in [6, 6.07) is 3.77. The average molecular weight is 257 g/mol. The van der Waals surface area contributed by atoms with Gasteiger partial charge in [-0.3, -0.25) is 0 Å². The van der Waals surface area contributed by atoms with Gasteiger partial charge in [0.1, 0.15) is 5.82 Å². The van der Waals surface area contributed by atoms with Crippen molar-refractivity contribution < 1.29 is 12.8 Å². The van der Waals surface area contributed by atoms with Crippen molar-refractivity contribution in [2.75, 3.05) is 0 Å². The number of sulfonamides is 1. The van der Waals surface area contributed by atoms with Gasteiger partial charge in [-0.25, -0.2) is 17.5 Å². The topological polar surface area (TPSA) is 46.2 Å². The SMILES string of the molecule is Cc1cc(F)ccc1S(=O)(=O)NC1CCCC1. The predicted molar refractivity (Wildman–Crippen MR) is 63.7 cm³/mol. The largest absolute Gasteiger partial charge is 0.241 e. The molecule has 3 nitrogen and oxygen atoms in total. The molecule has 0 spiro atoms. The van der Waals surface area contributed by atoms with Gasteiger partial charge in [0.15, 0.2) is 0 Å². The van der Waals surface area contributed by atoms with E-state index in [1.165, 1.54) is 18.2 Å². The number of benzene rings is 1. The molecule has 2 rings (SSSR count). The number of halogens is 1. The molecule has 0 amide bonds. The molecule has 0 aliphatic heterocycles. The van der Waals surface area contributed by atoms with Gasteiger partial charge in [-0.05, 0) is 43.5 Å². The molecule has 1 fully saturated rings. The normalized spacial score (nSPS) is 17.5. The Morgan fingerprint density at radius 3 is 2.53 bits per heavy atom. The Hall–Kier alpha value is -0.940. The standard InChI is InChI=1S/C12H16FNO2S/c1-9-8-10(13)6-7-12(9)17(15,16)14-11-4-2-3-5-11/h6-8,11,14H,2-5H2,1H3. The molecule has 5 heteroatoms. The summed E-state index contributed by atoms with van der Waals surface area (Å²) >= 11 is 0. The van der Waals surface area contributed by atoms with E-state index in [4.69, 9.17) is 0 Å². The minimum absolute atomic E-state index is 0.0319. The third-order valence-corrected chi connectivity index (χ3v) is 4.78. The second-order valence-corrected chi connectivity index (χ2v) is 6.19. The van der Waals surface area contributed by atoms with Gasteiger partial charge in [0.05, 0.1) is 4.90 Å². The minimum atomic E-state index is -3.51. The number of hydrogen-bond donors (Lipinski definition) is 1. The van der Waals surface area contributed by atoms with Crippen molar-refractivity contribution in [1.29, 1.82) is 0 Å². The smallest absolute Gasteiger partial charge is 0.208 e. The lowest BCUT2D eigenvalue weighted by atomic mass is 10.2. The van der Waals surface area contributed by atoms with Crippen molar-refractivity contribution >= 4 is 10.0 Å². The van der Waals surface area contributed by atoms with Crippen molar-refractivity contribution in [2.45, 2.75) is 43.5 Å². The maximum atomic E-state index is 12.9. The van der Waals surface area contributed by atoms with Crippen LogP contribution in [0.3, 0.4) is 0 Å². The summed E-state index contributed by atoms with van der Waals surface area (Å²) in [6.07, 6.45) is 3.91. The van der Waals surface area contributed by atoms with Crippen LogP contribution in [0.4, 0.5) is 4.39 Å². The van der Waals surface area contributed by atoms with Gasteiger partial charge < -0.3 is 0 Å². The number of hydrogen-bond acceptors (Lipinski definition) is 2. The zero-order valence-electron chi connectivity index (χ0n) is 9.74. The van der Waals surface area contributed by atoms with Gasteiger partial charge in [-0.2, -0.15) is 0 Å². The summed E-state index contributed by atoms with van der Waals surface area (Å²) in [5.74, 6) is -0.415. The highest BCUT2D eigenvalue weighted by Crippen LogP contribution is 2.22. The maximum Gasteiger partial charge on any atom is 0.241 e. The second kappa shape index (κ2) is 4.74. The van der Waals surface area contributed by atoms with E-state index in [-0.39, 0.29) is 10.9 Å². The van der Waals surface area contributed by atoms with Gasteiger partial charge in [-0.1, -0.05) is 12.8 Å². The first-order valence-electron chi connectivity index (χ1n) is 5.77. The molecule has 1 aliphatic carbocycles. The van der Waals surface area contributed by atoms with Gasteiger partial charge in [0, 0.05) is 6.04 Å². The van der Waals surface area contributed by atoms with Crippen LogP contribution >= 0.6 is 0 Å². The first-order chi connectivity index (χ1) is 7.99. The third-order valence-electron chi connectivity index (χ3n) is 3.10. The molecule has 94 valence electrons. The monoisotopic (exact) mass is 257 g/mol. The van der Waals surface area contributed by atoms with E-state index in [1.54, 1.807) is 6.92 Å². The van der Waals surface area contributed by atoms with Crippen LogP contribution in [0.25, 0.3) is 0 Å². The number of rotatable bonds is 3. The molecule has 1 aliphatic rings. The van der Waals surface area contributed by atoms with Crippen molar-refractivity contribution in [3.8, 4) is 0 Å². The first-order valence-corrected chi connectivity index (χ1v) is 7.26. The van der Waals surface area contributed by atoms with Gasteiger partial charge in [-0.15, -0.1) is 0 Å². The van der Waals surface area contributed by atoms with E-state index < -0.39 is 15.8 Å². The molecule has 0 radical (unpaired) electrons. The minimum Gasteiger partial charge on any atom is -0.208 e. The average Bonchev–Trinajstić information content (AvgIpc) is 2.68. The molecule has 0 bridgehead atoms. The molecule has 0 saturated heterocycles. The van der Waals surface area contributed by atoms with E-state index in [1.807, 2.05) is 0 Å². The van der Waals surface area contributed by atoms with E-state index in [9.17, 15) is 12.8 Å². The van der Waals surface area contributed by atoms with Gasteiger partial charge in [0.2, 0.25) is 10.0 Å². The Bertz CT molecular complexity index is 507. The molecule has 1 saturated carbocycles. The van der Waals surface area contributed by atoms with E-state index in [0.29, 0.717) is 5.56 Å². The van der Waals surface area contributed by atoms with Crippen LogP contribution in [0.2, 0.25) is 0 Å². The van der Waals surface area contributed by atoms with E-state index >= 15 is 0 Å². The summed E-state index contributed by atoms with van der Waals surface area (Å²) in [5, 5.41) is 0. The number of nitrogens with one attached hydrogen (secondary N) is 1. The third kappa shape index (κ3) is 2.84. The zero-order valence-corrected chi connectivity index (χ0v) is 10.6. The lowest BCUT2D eigenvalue weighted by Gasteiger charge is -2.14. The van der Waals surface area contributed by atoms with Crippen molar-refractivity contribution in [2.24, 2.45) is 0 Å². The highest BCUT2D eigenvalue weighted by atomic mass is 32.2. The Balaban J connectivity index is 2.24. The van der Waals surface area contributed by atoms with Crippen LogP contribution in [0, 0.1) is 12.7 Å². The second-order valence-electron chi connectivity index (χ2n) is 4.51. The van der Waals surface area contributed by atoms with Crippen LogP contribution in [-0.2, 0) is 10.0 Å². The van der Waals surface area contributed by atoms with Crippen LogP contribution in [0.5, 0.6) is 0 Å². The molecule has 1 aromatic carbocycles. The molecular weight excluding hydrogens is 241 g/mol. The summed E-state index contributed by atoms with van der Waals surface area (Å²) in [7, 11) is -3.51. The Labute approximate surface area is 101 Å². The molecule has 0 heterocycles. The summed E-state index contributed by atoms with van der Waals surface area (Å²) in [5.41, 5.74) is 0.440. The zero-order chi connectivity index (χ0) is 12.5. The fourth-order valence-electron chi connectivity index (χ4n) is 2.24. The summed E-state index contributed by atoms with van der Waals surface area (Å²) < 4.78 is 39.8. The van der Waals surface area contributed by atoms with Crippen LogP contribution in [0.1, 0.15) is 31.2 Å². The molecule has 0 aromatic heterocycles. The predicted octanol–water partition coefficient (Wildman–Crippen LogP) is 2.36. The van der Waals surface area contributed by atoms with Crippen molar-refractivity contribution in [1.82, 2.24) is 4.72 Å². The summed E-state index contributed by atoms with van der Waals surface area (Å²) in [4.78, 5) is 0.172. The molecule has 1 aromatic rings. The number of aryl methyl sites for hydroxylation is 1. The van der Waals surface area contributed by atoms with E-state index in [2.05, 4.69) is 4.72 Å². The fourth-order valence-corrected chi connectivity index (χ4v) is 3.77. The Morgan fingerprint density at radius 2 is 1.94 bits per heavy atom. The molecule has 0 unspecified atom stereocenters. The fraction of sp³-hybridized carbons (Fsp3) is 0.500. The van der Waals surface area contributed by atoms with Crippen LogP contribution in [0.15, 0.2) is 23.1 Å². The Kier molecular flexibility index (Phi) is 3.49. The summed E-state index contributed by atoms with van der Waals surface area (Å²) in [6.45, 7) is 1.60. The quantitative estimate of drug-likeness (QED) is 0.903. The van der Waals surface area contributed by atoms with Crippen molar-refractivity contribution in [3.05, 3.63) is 29.6 Å². The highest BCUT2D eigenvalue weighted by Gasteiger charge is 2.24. The van der Waals surface area contributed by atoms with E-state index in [0.717, 1.165) is 25.7 Å². The molecular formula is C12H16FNO2S. The first kappa shape index (κ1) is 12.5. The lowest BCUT2D eigenvalue weighted by molar-refractivity contribution is 0.551. The molecule has 17 heavy (non-hydrogen) atoms. The van der Waals surface area contributed by atoms with Gasteiger partial charge in [0.25, 0.3) is 0 Å². The van der Waals surface area contributed by atoms with Crippen molar-refractivity contribution in [3.63, 3.8) is 0 Å². The molecule has 0 atom stereocenters. The van der Waals surface area contributed by atoms with Crippen LogP contribution < -0.4 is 4.72 Å². The van der Waals surface area contributed by atoms with Crippen LogP contribution in [-0.4, -0.2) is 14.5 Å². The highest BCUT2D eigenvalue weighted by molar-refractivity contribution is 7.89. The maximum absolute atomic E-state index is 12.9. The molecule has 1 N–H and O–H groups in total. The Morgan fingerprint density at radius 1 is 1.29 bits per heavy atom. The van der Waals surface area contributed by atoms with Gasteiger partial charge >= 0.3 is 0 Å².